The first-order valence-corrected chi connectivity index (χ1v) is 10.6. The predicted molar refractivity (Wildman–Crippen MR) is 117 cm³/mol. The number of aromatic nitrogens is 2. The number of rotatable bonds is 4. The van der Waals surface area contributed by atoms with Gasteiger partial charge in [-0.3, -0.25) is 19.6 Å². The SMILES string of the molecule is CN1C(=O)CC[C@H]1c1cccnc1.CN1C(=O)CC[C@H]1c1cccnc1.O=C([O-])/C=C/C(=O)[O-]. The van der Waals surface area contributed by atoms with Crippen LogP contribution >= 0.6 is 0 Å². The van der Waals surface area contributed by atoms with E-state index in [-0.39, 0.29) is 23.9 Å². The molecule has 0 aliphatic carbocycles. The van der Waals surface area contributed by atoms with Crippen LogP contribution in [-0.2, 0) is 19.2 Å². The average Bonchev–Trinajstić information content (AvgIpc) is 3.35. The first kappa shape index (κ1) is 26.2. The normalized spacial score (nSPS) is 19.4. The van der Waals surface area contributed by atoms with Gasteiger partial charge < -0.3 is 29.6 Å². The highest BCUT2D eigenvalue weighted by molar-refractivity contribution is 5.87. The monoisotopic (exact) mass is 466 g/mol. The lowest BCUT2D eigenvalue weighted by Crippen LogP contribution is -2.23. The Morgan fingerprint density at radius 1 is 0.824 bits per heavy atom. The van der Waals surface area contributed by atoms with E-state index < -0.39 is 11.9 Å². The van der Waals surface area contributed by atoms with Gasteiger partial charge in [-0.05, 0) is 48.3 Å². The maximum atomic E-state index is 11.3. The van der Waals surface area contributed by atoms with Crippen LogP contribution in [0.1, 0.15) is 48.9 Å². The van der Waals surface area contributed by atoms with Crippen molar-refractivity contribution in [1.29, 1.82) is 0 Å². The molecule has 0 bridgehead atoms. The molecule has 2 saturated heterocycles. The highest BCUT2D eigenvalue weighted by atomic mass is 16.4. The van der Waals surface area contributed by atoms with Crippen molar-refractivity contribution in [3.05, 3.63) is 72.3 Å². The molecular weight excluding hydrogens is 440 g/mol. The molecule has 2 atom stereocenters. The van der Waals surface area contributed by atoms with Crippen molar-refractivity contribution < 1.29 is 29.4 Å². The second kappa shape index (κ2) is 12.8. The van der Waals surface area contributed by atoms with Gasteiger partial charge in [-0.1, -0.05) is 12.1 Å². The Kier molecular flexibility index (Phi) is 9.88. The van der Waals surface area contributed by atoms with Crippen LogP contribution in [-0.4, -0.2) is 57.6 Å². The molecule has 4 heterocycles. The third-order valence-corrected chi connectivity index (χ3v) is 5.48. The standard InChI is InChI=1S/2C10H12N2O.C4H4O4/c2*1-12-9(4-5-10(12)13)8-3-2-6-11-7-8;5-3(6)1-2-4(7)8/h2*2-3,6-7,9H,4-5H2,1H3;1-2H,(H,5,6)(H,7,8)/p-2/b;;2-1+/t2*9-;/m00./s1. The zero-order chi connectivity index (χ0) is 25.1. The zero-order valence-corrected chi connectivity index (χ0v) is 19.0. The molecule has 2 aromatic heterocycles. The lowest BCUT2D eigenvalue weighted by Gasteiger charge is -2.19. The summed E-state index contributed by atoms with van der Waals surface area (Å²) >= 11 is 0. The van der Waals surface area contributed by atoms with Crippen molar-refractivity contribution in [2.24, 2.45) is 0 Å². The van der Waals surface area contributed by atoms with Gasteiger partial charge in [0.25, 0.3) is 0 Å². The van der Waals surface area contributed by atoms with E-state index in [9.17, 15) is 29.4 Å². The molecule has 0 unspecified atom stereocenters. The minimum atomic E-state index is -1.55. The lowest BCUT2D eigenvalue weighted by atomic mass is 10.1. The van der Waals surface area contributed by atoms with E-state index in [0.29, 0.717) is 25.0 Å². The molecule has 2 aliphatic rings. The predicted octanol–water partition coefficient (Wildman–Crippen LogP) is -0.208. The van der Waals surface area contributed by atoms with Crippen LogP contribution in [0.3, 0.4) is 0 Å². The van der Waals surface area contributed by atoms with Gasteiger partial charge in [-0.25, -0.2) is 0 Å². The number of hydrogen-bond donors (Lipinski definition) is 0. The Morgan fingerprint density at radius 2 is 1.21 bits per heavy atom. The highest BCUT2D eigenvalue weighted by Crippen LogP contribution is 2.31. The summed E-state index contributed by atoms with van der Waals surface area (Å²) in [5.41, 5.74) is 2.27. The summed E-state index contributed by atoms with van der Waals surface area (Å²) in [4.78, 5) is 53.1. The van der Waals surface area contributed by atoms with Crippen LogP contribution in [0.15, 0.2) is 61.2 Å². The number of carboxylic acid groups (broad SMARTS) is 2. The van der Waals surface area contributed by atoms with Crippen molar-refractivity contribution in [2.45, 2.75) is 37.8 Å². The number of aliphatic carboxylic acids is 2. The minimum absolute atomic E-state index is 0.230. The van der Waals surface area contributed by atoms with Crippen LogP contribution < -0.4 is 10.2 Å². The maximum absolute atomic E-state index is 11.3. The topological polar surface area (TPSA) is 147 Å². The zero-order valence-electron chi connectivity index (χ0n) is 19.0. The van der Waals surface area contributed by atoms with Crippen molar-refractivity contribution >= 4 is 23.8 Å². The largest absolute Gasteiger partial charge is 0.545 e. The van der Waals surface area contributed by atoms with E-state index in [4.69, 9.17) is 0 Å². The third-order valence-electron chi connectivity index (χ3n) is 5.48. The van der Waals surface area contributed by atoms with Gasteiger partial charge >= 0.3 is 0 Å². The third kappa shape index (κ3) is 7.80. The Morgan fingerprint density at radius 3 is 1.44 bits per heavy atom. The number of amides is 2. The fourth-order valence-electron chi connectivity index (χ4n) is 3.67. The van der Waals surface area contributed by atoms with Gasteiger partial charge in [0.2, 0.25) is 11.8 Å². The number of pyridine rings is 2. The van der Waals surface area contributed by atoms with Crippen LogP contribution in [0, 0.1) is 0 Å². The fraction of sp³-hybridized carbons (Fsp3) is 0.333. The Bertz CT molecular complexity index is 931. The van der Waals surface area contributed by atoms with Gasteiger partial charge in [0.15, 0.2) is 0 Å². The summed E-state index contributed by atoms with van der Waals surface area (Å²) < 4.78 is 0. The van der Waals surface area contributed by atoms with E-state index in [1.54, 1.807) is 22.2 Å². The highest BCUT2D eigenvalue weighted by Gasteiger charge is 2.29. The molecule has 10 nitrogen and oxygen atoms in total. The summed E-state index contributed by atoms with van der Waals surface area (Å²) in [6.45, 7) is 0. The molecule has 2 aromatic rings. The Hall–Kier alpha value is -4.08. The van der Waals surface area contributed by atoms with Crippen LogP contribution in [0.2, 0.25) is 0 Å². The van der Waals surface area contributed by atoms with Gasteiger partial charge in [-0.2, -0.15) is 0 Å². The molecule has 0 radical (unpaired) electrons. The molecule has 2 amide bonds. The molecule has 0 saturated carbocycles. The van der Waals surface area contributed by atoms with Gasteiger partial charge in [0, 0.05) is 51.7 Å². The summed E-state index contributed by atoms with van der Waals surface area (Å²) in [5, 5.41) is 18.8. The van der Waals surface area contributed by atoms with E-state index in [0.717, 1.165) is 24.0 Å². The average molecular weight is 466 g/mol. The molecular formula is C24H26N4O6-2. The van der Waals surface area contributed by atoms with Crippen LogP contribution in [0.25, 0.3) is 0 Å². The molecule has 0 spiro atoms. The summed E-state index contributed by atoms with van der Waals surface area (Å²) in [5.74, 6) is -2.63. The van der Waals surface area contributed by atoms with E-state index in [1.165, 1.54) is 0 Å². The van der Waals surface area contributed by atoms with Crippen molar-refractivity contribution in [1.82, 2.24) is 19.8 Å². The minimum Gasteiger partial charge on any atom is -0.545 e. The smallest absolute Gasteiger partial charge is 0.222 e. The number of hydrogen-bond acceptors (Lipinski definition) is 8. The summed E-state index contributed by atoms with van der Waals surface area (Å²) in [6.07, 6.45) is 11.1. The first-order valence-electron chi connectivity index (χ1n) is 10.6. The van der Waals surface area contributed by atoms with Crippen LogP contribution in [0.5, 0.6) is 0 Å². The number of carbonyl (C=O) groups excluding carboxylic acids is 4. The van der Waals surface area contributed by atoms with Gasteiger partial charge in [0.05, 0.1) is 24.0 Å². The molecule has 4 rings (SSSR count). The molecule has 2 aliphatic heterocycles. The molecule has 0 N–H and O–H groups in total. The van der Waals surface area contributed by atoms with Crippen molar-refractivity contribution in [3.8, 4) is 0 Å². The second-order valence-corrected chi connectivity index (χ2v) is 7.66. The summed E-state index contributed by atoms with van der Waals surface area (Å²) in [6, 6.07) is 8.33. The number of nitrogens with zero attached hydrogens (tertiary/aromatic N) is 4. The van der Waals surface area contributed by atoms with E-state index in [2.05, 4.69) is 9.97 Å². The molecule has 0 aromatic carbocycles. The Balaban J connectivity index is 0.000000187. The maximum Gasteiger partial charge on any atom is 0.222 e. The first-order chi connectivity index (χ1) is 16.2. The van der Waals surface area contributed by atoms with E-state index >= 15 is 0 Å². The second-order valence-electron chi connectivity index (χ2n) is 7.66. The summed E-state index contributed by atoms with van der Waals surface area (Å²) in [7, 11) is 3.71. The molecule has 34 heavy (non-hydrogen) atoms. The Labute approximate surface area is 197 Å². The number of likely N-dealkylation sites (tertiary alicyclic amines) is 2. The van der Waals surface area contributed by atoms with E-state index in [1.807, 2.05) is 50.8 Å². The number of carbonyl (C=O) groups is 4. The quantitative estimate of drug-likeness (QED) is 0.563. The van der Waals surface area contributed by atoms with Crippen molar-refractivity contribution in [2.75, 3.05) is 14.1 Å². The molecule has 2 fully saturated rings. The molecule has 10 heteroatoms. The number of carboxylic acids is 2. The fourth-order valence-corrected chi connectivity index (χ4v) is 3.67. The van der Waals surface area contributed by atoms with Gasteiger partial charge in [-0.15, -0.1) is 0 Å². The van der Waals surface area contributed by atoms with Gasteiger partial charge in [0.1, 0.15) is 0 Å². The molecule has 180 valence electrons. The lowest BCUT2D eigenvalue weighted by molar-refractivity contribution is -0.301. The van der Waals surface area contributed by atoms with Crippen LogP contribution in [0.4, 0.5) is 0 Å². The van der Waals surface area contributed by atoms with Crippen molar-refractivity contribution in [3.63, 3.8) is 0 Å².